The van der Waals surface area contributed by atoms with Crippen molar-refractivity contribution in [3.05, 3.63) is 106 Å². The van der Waals surface area contributed by atoms with Crippen LogP contribution in [0.4, 0.5) is 8.78 Å². The highest BCUT2D eigenvalue weighted by molar-refractivity contribution is 7.98. The Labute approximate surface area is 176 Å². The van der Waals surface area contributed by atoms with Gasteiger partial charge in [-0.15, -0.1) is 10.2 Å². The van der Waals surface area contributed by atoms with Gasteiger partial charge < -0.3 is 0 Å². The Balaban J connectivity index is 1.69. The summed E-state index contributed by atoms with van der Waals surface area (Å²) in [5.41, 5.74) is 2.19. The molecule has 0 saturated heterocycles. The number of rotatable bonds is 6. The van der Waals surface area contributed by atoms with Crippen molar-refractivity contribution in [1.29, 1.82) is 0 Å². The molecular formula is C22H16ClF2N3S. The van der Waals surface area contributed by atoms with Gasteiger partial charge in [0, 0.05) is 22.8 Å². The van der Waals surface area contributed by atoms with Crippen LogP contribution in [0.2, 0.25) is 5.02 Å². The highest BCUT2D eigenvalue weighted by atomic mass is 35.5. The lowest BCUT2D eigenvalue weighted by atomic mass is 10.1. The van der Waals surface area contributed by atoms with E-state index in [9.17, 15) is 8.78 Å². The number of thioether (sulfide) groups is 1. The van der Waals surface area contributed by atoms with Gasteiger partial charge in [-0.3, -0.25) is 4.57 Å². The quantitative estimate of drug-likeness (QED) is 0.349. The highest BCUT2D eigenvalue weighted by Crippen LogP contribution is 2.28. The molecule has 0 spiro atoms. The van der Waals surface area contributed by atoms with Crippen LogP contribution in [0.5, 0.6) is 0 Å². The van der Waals surface area contributed by atoms with E-state index in [-0.39, 0.29) is 11.3 Å². The van der Waals surface area contributed by atoms with Crippen LogP contribution >= 0.6 is 23.4 Å². The van der Waals surface area contributed by atoms with Crippen molar-refractivity contribution in [3.63, 3.8) is 0 Å². The molecule has 146 valence electrons. The molecule has 3 aromatic carbocycles. The molecule has 0 fully saturated rings. The maximum Gasteiger partial charge on any atom is 0.196 e. The number of nitrogens with zero attached hydrogens (tertiary/aromatic N) is 3. The van der Waals surface area contributed by atoms with E-state index >= 15 is 0 Å². The summed E-state index contributed by atoms with van der Waals surface area (Å²) < 4.78 is 29.4. The van der Waals surface area contributed by atoms with Crippen molar-refractivity contribution in [2.24, 2.45) is 0 Å². The predicted molar refractivity (Wildman–Crippen MR) is 112 cm³/mol. The lowest BCUT2D eigenvalue weighted by molar-refractivity contribution is 0.502. The zero-order chi connectivity index (χ0) is 20.2. The molecule has 4 aromatic rings. The summed E-state index contributed by atoms with van der Waals surface area (Å²) in [5.74, 6) is -0.726. The highest BCUT2D eigenvalue weighted by Gasteiger charge is 2.17. The molecule has 29 heavy (non-hydrogen) atoms. The van der Waals surface area contributed by atoms with Crippen LogP contribution in [0, 0.1) is 11.6 Å². The van der Waals surface area contributed by atoms with Gasteiger partial charge >= 0.3 is 0 Å². The SMILES string of the molecule is Fc1cccc(CSc2nnc(Cc3ccccc3)n2-c2cccc(Cl)c2)c1F. The van der Waals surface area contributed by atoms with Gasteiger partial charge in [0.25, 0.3) is 0 Å². The minimum absolute atomic E-state index is 0.230. The fourth-order valence-corrected chi connectivity index (χ4v) is 4.09. The molecule has 1 heterocycles. The van der Waals surface area contributed by atoms with Crippen molar-refractivity contribution in [3.8, 4) is 5.69 Å². The Kier molecular flexibility index (Phi) is 5.92. The minimum Gasteiger partial charge on any atom is -0.274 e. The molecule has 0 amide bonds. The van der Waals surface area contributed by atoms with Crippen molar-refractivity contribution in [2.45, 2.75) is 17.3 Å². The summed E-state index contributed by atoms with van der Waals surface area (Å²) in [6.45, 7) is 0. The second kappa shape index (κ2) is 8.76. The molecule has 7 heteroatoms. The summed E-state index contributed by atoms with van der Waals surface area (Å²) in [5, 5.41) is 9.83. The lowest BCUT2D eigenvalue weighted by Gasteiger charge is -2.11. The molecule has 3 nitrogen and oxygen atoms in total. The van der Waals surface area contributed by atoms with E-state index in [1.165, 1.54) is 17.8 Å². The Morgan fingerprint density at radius 3 is 2.48 bits per heavy atom. The Morgan fingerprint density at radius 1 is 0.897 bits per heavy atom. The number of hydrogen-bond donors (Lipinski definition) is 0. The summed E-state index contributed by atoms with van der Waals surface area (Å²) in [6, 6.07) is 21.5. The fraction of sp³-hybridized carbons (Fsp3) is 0.0909. The minimum atomic E-state index is -0.857. The maximum atomic E-state index is 14.0. The summed E-state index contributed by atoms with van der Waals surface area (Å²) >= 11 is 7.48. The van der Waals surface area contributed by atoms with Crippen molar-refractivity contribution in [2.75, 3.05) is 0 Å². The van der Waals surface area contributed by atoms with E-state index in [0.717, 1.165) is 23.1 Å². The van der Waals surface area contributed by atoms with Gasteiger partial charge in [-0.25, -0.2) is 8.78 Å². The number of benzene rings is 3. The fourth-order valence-electron chi connectivity index (χ4n) is 2.96. The van der Waals surface area contributed by atoms with Crippen LogP contribution in [-0.4, -0.2) is 14.8 Å². The maximum absolute atomic E-state index is 14.0. The lowest BCUT2D eigenvalue weighted by Crippen LogP contribution is -2.04. The summed E-state index contributed by atoms with van der Waals surface area (Å²) in [7, 11) is 0. The van der Waals surface area contributed by atoms with E-state index in [2.05, 4.69) is 10.2 Å². The van der Waals surface area contributed by atoms with Crippen molar-refractivity contribution >= 4 is 23.4 Å². The van der Waals surface area contributed by atoms with Gasteiger partial charge in [-0.2, -0.15) is 0 Å². The van der Waals surface area contributed by atoms with Gasteiger partial charge in [-0.05, 0) is 29.8 Å². The molecule has 0 N–H and O–H groups in total. The normalized spacial score (nSPS) is 11.0. The number of aromatic nitrogens is 3. The Bertz CT molecular complexity index is 1130. The molecule has 0 radical (unpaired) electrons. The first-order valence-electron chi connectivity index (χ1n) is 8.91. The number of hydrogen-bond acceptors (Lipinski definition) is 3. The topological polar surface area (TPSA) is 30.7 Å². The predicted octanol–water partition coefficient (Wildman–Crippen LogP) is 6.08. The first kappa shape index (κ1) is 19.6. The molecule has 0 aliphatic rings. The van der Waals surface area contributed by atoms with Crippen molar-refractivity contribution < 1.29 is 8.78 Å². The molecule has 1 aromatic heterocycles. The third-order valence-electron chi connectivity index (χ3n) is 4.36. The van der Waals surface area contributed by atoms with Crippen LogP contribution < -0.4 is 0 Å². The van der Waals surface area contributed by atoms with Crippen LogP contribution in [0.25, 0.3) is 5.69 Å². The van der Waals surface area contributed by atoms with Gasteiger partial charge in [0.1, 0.15) is 5.82 Å². The first-order chi connectivity index (χ1) is 14.1. The summed E-state index contributed by atoms with van der Waals surface area (Å²) in [4.78, 5) is 0. The monoisotopic (exact) mass is 427 g/mol. The third kappa shape index (κ3) is 4.49. The van der Waals surface area contributed by atoms with Gasteiger partial charge in [0.2, 0.25) is 0 Å². The van der Waals surface area contributed by atoms with Gasteiger partial charge in [-0.1, -0.05) is 71.9 Å². The molecule has 0 unspecified atom stereocenters. The van der Waals surface area contributed by atoms with E-state index in [4.69, 9.17) is 11.6 Å². The van der Waals surface area contributed by atoms with Crippen LogP contribution in [0.3, 0.4) is 0 Å². The molecule has 4 rings (SSSR count). The second-order valence-electron chi connectivity index (χ2n) is 6.38. The average molecular weight is 428 g/mol. The van der Waals surface area contributed by atoms with E-state index in [0.29, 0.717) is 16.6 Å². The van der Waals surface area contributed by atoms with E-state index in [1.807, 2.05) is 53.1 Å². The van der Waals surface area contributed by atoms with E-state index < -0.39 is 11.6 Å². The zero-order valence-electron chi connectivity index (χ0n) is 15.2. The first-order valence-corrected chi connectivity index (χ1v) is 10.3. The molecule has 0 aliphatic carbocycles. The third-order valence-corrected chi connectivity index (χ3v) is 5.57. The van der Waals surface area contributed by atoms with Crippen molar-refractivity contribution in [1.82, 2.24) is 14.8 Å². The Morgan fingerprint density at radius 2 is 1.69 bits per heavy atom. The second-order valence-corrected chi connectivity index (χ2v) is 7.76. The smallest absolute Gasteiger partial charge is 0.196 e. The molecule has 0 atom stereocenters. The van der Waals surface area contributed by atoms with E-state index in [1.54, 1.807) is 12.1 Å². The molecule has 0 bridgehead atoms. The standard InChI is InChI=1S/C22H16ClF2N3S/c23-17-9-5-10-18(13-17)28-20(12-15-6-2-1-3-7-15)26-27-22(28)29-14-16-8-4-11-19(24)21(16)25/h1-11,13H,12,14H2. The zero-order valence-corrected chi connectivity index (χ0v) is 16.8. The average Bonchev–Trinajstić information content (AvgIpc) is 3.12. The van der Waals surface area contributed by atoms with Crippen LogP contribution in [0.15, 0.2) is 78.0 Å². The number of halogens is 3. The van der Waals surface area contributed by atoms with Crippen LogP contribution in [-0.2, 0) is 12.2 Å². The largest absolute Gasteiger partial charge is 0.274 e. The van der Waals surface area contributed by atoms with Crippen LogP contribution in [0.1, 0.15) is 17.0 Å². The molecule has 0 saturated carbocycles. The summed E-state index contributed by atoms with van der Waals surface area (Å²) in [6.07, 6.45) is 0.579. The van der Waals surface area contributed by atoms with Gasteiger partial charge in [0.05, 0.1) is 5.69 Å². The van der Waals surface area contributed by atoms with Gasteiger partial charge in [0.15, 0.2) is 16.8 Å². The Hall–Kier alpha value is -2.70. The molecule has 0 aliphatic heterocycles. The molecular weight excluding hydrogens is 412 g/mol.